The molecule has 3 N–H and O–H groups in total. The van der Waals surface area contributed by atoms with E-state index >= 15 is 0 Å². The molecule has 0 bridgehead atoms. The number of halogens is 2. The molecule has 102 valence electrons. The van der Waals surface area contributed by atoms with E-state index in [-0.39, 0.29) is 6.42 Å². The molecule has 0 heterocycles. The monoisotopic (exact) mass is 268 g/mol. The Morgan fingerprint density at radius 2 is 2.11 bits per heavy atom. The Morgan fingerprint density at radius 1 is 1.42 bits per heavy atom. The van der Waals surface area contributed by atoms with Crippen LogP contribution in [-0.2, 0) is 4.79 Å². The summed E-state index contributed by atoms with van der Waals surface area (Å²) in [4.78, 5) is 22.9. The van der Waals surface area contributed by atoms with Gasteiger partial charge in [-0.25, -0.2) is 8.78 Å². The van der Waals surface area contributed by atoms with Crippen molar-refractivity contribution in [3.8, 4) is 0 Å². The highest BCUT2D eigenvalue weighted by molar-refractivity contribution is 5.97. The van der Waals surface area contributed by atoms with E-state index in [1.54, 1.807) is 6.08 Å². The lowest BCUT2D eigenvalue weighted by molar-refractivity contribution is -0.119. The molecule has 0 fully saturated rings. The number of nitrogens with one attached hydrogen (secondary N) is 1. The summed E-state index contributed by atoms with van der Waals surface area (Å²) in [6.07, 6.45) is 2.27. The van der Waals surface area contributed by atoms with Crippen molar-refractivity contribution in [2.45, 2.75) is 18.9 Å². The van der Waals surface area contributed by atoms with Crippen molar-refractivity contribution in [2.24, 2.45) is 5.73 Å². The van der Waals surface area contributed by atoms with E-state index in [0.717, 1.165) is 12.1 Å². The predicted octanol–water partition coefficient (Wildman–Crippen LogP) is 1.51. The molecule has 6 heteroatoms. The fourth-order valence-electron chi connectivity index (χ4n) is 1.49. The summed E-state index contributed by atoms with van der Waals surface area (Å²) in [6, 6.07) is 2.28. The Kier molecular flexibility index (Phi) is 5.17. The average molecular weight is 268 g/mol. The number of amides is 2. The molecule has 1 rings (SSSR count). The van der Waals surface area contributed by atoms with E-state index in [1.807, 2.05) is 0 Å². The summed E-state index contributed by atoms with van der Waals surface area (Å²) in [5.74, 6) is -4.02. The molecule has 1 aromatic carbocycles. The standard InChI is InChI=1S/C13H14F2N2O2/c1-2-3-7-10(12(16)18)17-13(19)8-5-4-6-9(14)11(8)15/h2,4-6,10H,1,3,7H2,(H2,16,18)(H,17,19)/t10-/m1/s1. The maximum atomic E-state index is 13.4. The molecule has 0 saturated heterocycles. The smallest absolute Gasteiger partial charge is 0.255 e. The molecule has 1 atom stereocenters. The van der Waals surface area contributed by atoms with Gasteiger partial charge < -0.3 is 11.1 Å². The van der Waals surface area contributed by atoms with Crippen LogP contribution in [0.5, 0.6) is 0 Å². The molecule has 0 aliphatic rings. The Balaban J connectivity index is 2.84. The number of allylic oxidation sites excluding steroid dienone is 1. The molecule has 2 amide bonds. The molecule has 0 aliphatic carbocycles. The number of primary amides is 1. The average Bonchev–Trinajstić information content (AvgIpc) is 2.37. The van der Waals surface area contributed by atoms with Gasteiger partial charge in [-0.15, -0.1) is 6.58 Å². The van der Waals surface area contributed by atoms with Crippen LogP contribution >= 0.6 is 0 Å². The van der Waals surface area contributed by atoms with Gasteiger partial charge >= 0.3 is 0 Å². The molecule has 19 heavy (non-hydrogen) atoms. The van der Waals surface area contributed by atoms with Gasteiger partial charge in [0.05, 0.1) is 5.56 Å². The van der Waals surface area contributed by atoms with Crippen molar-refractivity contribution < 1.29 is 18.4 Å². The maximum Gasteiger partial charge on any atom is 0.255 e. The normalized spacial score (nSPS) is 11.7. The number of carbonyl (C=O) groups excluding carboxylic acids is 2. The van der Waals surface area contributed by atoms with Crippen molar-refractivity contribution >= 4 is 11.8 Å². The summed E-state index contributed by atoms with van der Waals surface area (Å²) < 4.78 is 26.4. The highest BCUT2D eigenvalue weighted by Gasteiger charge is 2.21. The van der Waals surface area contributed by atoms with E-state index in [2.05, 4.69) is 11.9 Å². The van der Waals surface area contributed by atoms with Crippen molar-refractivity contribution in [2.75, 3.05) is 0 Å². The number of hydrogen-bond donors (Lipinski definition) is 2. The number of rotatable bonds is 6. The Morgan fingerprint density at radius 3 is 2.68 bits per heavy atom. The van der Waals surface area contributed by atoms with Crippen molar-refractivity contribution in [3.63, 3.8) is 0 Å². The molecule has 0 aliphatic heterocycles. The SMILES string of the molecule is C=CCC[C@@H](NC(=O)c1cccc(F)c1F)C(N)=O. The van der Waals surface area contributed by atoms with Crippen LogP contribution in [0, 0.1) is 11.6 Å². The Bertz CT molecular complexity index is 503. The second-order valence-corrected chi connectivity index (χ2v) is 3.90. The second-order valence-electron chi connectivity index (χ2n) is 3.90. The maximum absolute atomic E-state index is 13.4. The third-order valence-corrected chi connectivity index (χ3v) is 2.50. The first-order valence-corrected chi connectivity index (χ1v) is 5.62. The highest BCUT2D eigenvalue weighted by atomic mass is 19.2. The number of carbonyl (C=O) groups is 2. The van der Waals surface area contributed by atoms with Crippen molar-refractivity contribution in [3.05, 3.63) is 48.1 Å². The third-order valence-electron chi connectivity index (χ3n) is 2.50. The summed E-state index contributed by atoms with van der Waals surface area (Å²) in [7, 11) is 0. The topological polar surface area (TPSA) is 72.2 Å². The minimum atomic E-state index is -1.26. The zero-order valence-corrected chi connectivity index (χ0v) is 10.2. The van der Waals surface area contributed by atoms with Gasteiger partial charge in [0.25, 0.3) is 5.91 Å². The zero-order valence-electron chi connectivity index (χ0n) is 10.2. The fourth-order valence-corrected chi connectivity index (χ4v) is 1.49. The van der Waals surface area contributed by atoms with Gasteiger partial charge in [0.1, 0.15) is 6.04 Å². The molecule has 1 aromatic rings. The first kappa shape index (κ1) is 14.8. The van der Waals surface area contributed by atoms with Gasteiger partial charge in [0, 0.05) is 0 Å². The summed E-state index contributed by atoms with van der Waals surface area (Å²) >= 11 is 0. The molecule has 0 radical (unpaired) electrons. The zero-order chi connectivity index (χ0) is 14.4. The highest BCUT2D eigenvalue weighted by Crippen LogP contribution is 2.11. The Hall–Kier alpha value is -2.24. The van der Waals surface area contributed by atoms with Crippen LogP contribution in [0.1, 0.15) is 23.2 Å². The Labute approximate surface area is 109 Å². The minimum Gasteiger partial charge on any atom is -0.368 e. The van der Waals surface area contributed by atoms with E-state index in [0.29, 0.717) is 6.42 Å². The number of nitrogens with two attached hydrogens (primary N) is 1. The summed E-state index contributed by atoms with van der Waals surface area (Å²) in [5.41, 5.74) is 4.65. The second kappa shape index (κ2) is 6.63. The molecule has 4 nitrogen and oxygen atoms in total. The lowest BCUT2D eigenvalue weighted by Gasteiger charge is -2.14. The van der Waals surface area contributed by atoms with Gasteiger partial charge in [-0.2, -0.15) is 0 Å². The van der Waals surface area contributed by atoms with Crippen LogP contribution in [0.4, 0.5) is 8.78 Å². The van der Waals surface area contributed by atoms with Gasteiger partial charge in [-0.3, -0.25) is 9.59 Å². The lowest BCUT2D eigenvalue weighted by atomic mass is 10.1. The summed E-state index contributed by atoms with van der Waals surface area (Å²) in [6.45, 7) is 3.48. The fraction of sp³-hybridized carbons (Fsp3) is 0.231. The lowest BCUT2D eigenvalue weighted by Crippen LogP contribution is -2.44. The van der Waals surface area contributed by atoms with Crippen molar-refractivity contribution in [1.29, 1.82) is 0 Å². The summed E-state index contributed by atoms with van der Waals surface area (Å²) in [5, 5.41) is 2.27. The quantitative estimate of drug-likeness (QED) is 0.768. The third kappa shape index (κ3) is 3.87. The van der Waals surface area contributed by atoms with Crippen LogP contribution in [0.2, 0.25) is 0 Å². The molecule has 0 unspecified atom stereocenters. The van der Waals surface area contributed by atoms with Crippen molar-refractivity contribution in [1.82, 2.24) is 5.32 Å². The van der Waals surface area contributed by atoms with Crippen LogP contribution in [0.25, 0.3) is 0 Å². The van der Waals surface area contributed by atoms with Gasteiger partial charge in [0.2, 0.25) is 5.91 Å². The molecular formula is C13H14F2N2O2. The van der Waals surface area contributed by atoms with E-state index in [9.17, 15) is 18.4 Å². The van der Waals surface area contributed by atoms with Gasteiger partial charge in [-0.1, -0.05) is 12.1 Å². The van der Waals surface area contributed by atoms with Crippen LogP contribution < -0.4 is 11.1 Å². The number of hydrogen-bond acceptors (Lipinski definition) is 2. The van der Waals surface area contributed by atoms with Gasteiger partial charge in [-0.05, 0) is 25.0 Å². The number of benzene rings is 1. The molecule has 0 aromatic heterocycles. The largest absolute Gasteiger partial charge is 0.368 e. The predicted molar refractivity (Wildman–Crippen MR) is 66.2 cm³/mol. The first-order valence-electron chi connectivity index (χ1n) is 5.62. The molecular weight excluding hydrogens is 254 g/mol. The van der Waals surface area contributed by atoms with Crippen LogP contribution in [0.3, 0.4) is 0 Å². The minimum absolute atomic E-state index is 0.251. The van der Waals surface area contributed by atoms with Gasteiger partial charge in [0.15, 0.2) is 11.6 Å². The van der Waals surface area contributed by atoms with Crippen LogP contribution in [0.15, 0.2) is 30.9 Å². The first-order chi connectivity index (χ1) is 8.97. The van der Waals surface area contributed by atoms with E-state index in [4.69, 9.17) is 5.73 Å². The molecule has 0 saturated carbocycles. The van der Waals surface area contributed by atoms with Crippen LogP contribution in [-0.4, -0.2) is 17.9 Å². The van der Waals surface area contributed by atoms with E-state index in [1.165, 1.54) is 6.07 Å². The molecule has 0 spiro atoms. The van der Waals surface area contributed by atoms with E-state index < -0.39 is 35.1 Å².